The van der Waals surface area contributed by atoms with Crippen LogP contribution in [0.1, 0.15) is 0 Å². The molecule has 2 aromatic heterocycles. The first-order chi connectivity index (χ1) is 5.92. The first-order valence-corrected chi connectivity index (χ1v) is 3.30. The minimum Gasteiger partial charge on any atom is -0.306 e. The smallest absolute Gasteiger partial charge is 0.183 e. The van der Waals surface area contributed by atoms with Gasteiger partial charge in [-0.05, 0) is 0 Å². The molecule has 0 aliphatic rings. The molecule has 0 saturated carbocycles. The molecule has 6 heteroatoms. The quantitative estimate of drug-likeness (QED) is 0.442. The molecular weight excluding hydrogens is 156 g/mol. The fourth-order valence-electron chi connectivity index (χ4n) is 0.900. The number of nitrogens with zero attached hydrogens (tertiary/aromatic N) is 4. The highest BCUT2D eigenvalue weighted by atomic mass is 15.3. The van der Waals surface area contributed by atoms with Crippen molar-refractivity contribution < 1.29 is 0 Å². The van der Waals surface area contributed by atoms with Crippen LogP contribution >= 0.6 is 0 Å². The van der Waals surface area contributed by atoms with Gasteiger partial charge in [0.1, 0.15) is 6.33 Å². The van der Waals surface area contributed by atoms with Gasteiger partial charge in [-0.25, -0.2) is 25.8 Å². The largest absolute Gasteiger partial charge is 0.306 e. The van der Waals surface area contributed by atoms with Crippen molar-refractivity contribution in [2.45, 2.75) is 0 Å². The van der Waals surface area contributed by atoms with Crippen LogP contribution in [0.15, 0.2) is 18.7 Å². The summed E-state index contributed by atoms with van der Waals surface area (Å²) >= 11 is 0. The maximum Gasteiger partial charge on any atom is 0.183 e. The molecule has 0 aromatic carbocycles. The van der Waals surface area contributed by atoms with Crippen molar-refractivity contribution in [3.05, 3.63) is 18.7 Å². The first kappa shape index (κ1) is 6.86. The van der Waals surface area contributed by atoms with Gasteiger partial charge < -0.3 is 5.43 Å². The molecule has 2 rings (SSSR count). The van der Waals surface area contributed by atoms with Gasteiger partial charge in [-0.1, -0.05) is 0 Å². The predicted octanol–water partition coefficient (Wildman–Crippen LogP) is -0.295. The molecule has 0 radical (unpaired) electrons. The Morgan fingerprint density at radius 3 is 2.75 bits per heavy atom. The summed E-state index contributed by atoms with van der Waals surface area (Å²) in [5.41, 5.74) is 3.52. The lowest BCUT2D eigenvalue weighted by Gasteiger charge is -1.99. The van der Waals surface area contributed by atoms with E-state index in [0.29, 0.717) is 17.0 Å². The first-order valence-electron chi connectivity index (χ1n) is 3.30. The zero-order chi connectivity index (χ0) is 8.39. The standard InChI is InChI=1S/C6H6N6/c7-12-6-4-5(10-3-11-6)9-2-1-8-4/h1-3H,7H2,(H,9,10,11,12). The third kappa shape index (κ3) is 0.940. The summed E-state index contributed by atoms with van der Waals surface area (Å²) in [6.45, 7) is 0. The van der Waals surface area contributed by atoms with Gasteiger partial charge >= 0.3 is 0 Å². The summed E-state index contributed by atoms with van der Waals surface area (Å²) in [6.07, 6.45) is 4.51. The van der Waals surface area contributed by atoms with Gasteiger partial charge in [-0.3, -0.25) is 0 Å². The molecule has 0 bridgehead atoms. The van der Waals surface area contributed by atoms with Crippen molar-refractivity contribution in [2.24, 2.45) is 5.84 Å². The Balaban J connectivity index is 2.79. The number of nitrogen functional groups attached to an aromatic ring is 1. The van der Waals surface area contributed by atoms with Crippen LogP contribution in [-0.4, -0.2) is 19.9 Å². The SMILES string of the molecule is NNc1ncnc2nccnc12. The van der Waals surface area contributed by atoms with E-state index in [-0.39, 0.29) is 0 Å². The Bertz CT molecular complexity index is 395. The number of hydrazine groups is 1. The van der Waals surface area contributed by atoms with E-state index in [9.17, 15) is 0 Å². The second kappa shape index (κ2) is 2.67. The average molecular weight is 162 g/mol. The van der Waals surface area contributed by atoms with Crippen molar-refractivity contribution >= 4 is 17.0 Å². The number of fused-ring (bicyclic) bond motifs is 1. The second-order valence-corrected chi connectivity index (χ2v) is 2.10. The monoisotopic (exact) mass is 162 g/mol. The van der Waals surface area contributed by atoms with E-state index in [0.717, 1.165) is 0 Å². The van der Waals surface area contributed by atoms with Crippen LogP contribution in [0, 0.1) is 0 Å². The lowest BCUT2D eigenvalue weighted by Crippen LogP contribution is -2.09. The molecule has 3 N–H and O–H groups in total. The van der Waals surface area contributed by atoms with Crippen molar-refractivity contribution in [1.29, 1.82) is 0 Å². The van der Waals surface area contributed by atoms with E-state index in [4.69, 9.17) is 5.84 Å². The number of anilines is 1. The molecule has 60 valence electrons. The molecule has 6 nitrogen and oxygen atoms in total. The lowest BCUT2D eigenvalue weighted by atomic mass is 10.5. The summed E-state index contributed by atoms with van der Waals surface area (Å²) < 4.78 is 0. The molecule has 0 aliphatic carbocycles. The van der Waals surface area contributed by atoms with E-state index >= 15 is 0 Å². The summed E-state index contributed by atoms with van der Waals surface area (Å²) in [6, 6.07) is 0. The Hall–Kier alpha value is -1.82. The Morgan fingerprint density at radius 1 is 1.08 bits per heavy atom. The van der Waals surface area contributed by atoms with Crippen molar-refractivity contribution in [3.8, 4) is 0 Å². The van der Waals surface area contributed by atoms with E-state index in [1.54, 1.807) is 12.4 Å². The second-order valence-electron chi connectivity index (χ2n) is 2.10. The van der Waals surface area contributed by atoms with Gasteiger partial charge in [-0.15, -0.1) is 0 Å². The molecular formula is C6H6N6. The third-order valence-electron chi connectivity index (χ3n) is 1.41. The normalized spacial score (nSPS) is 10.1. The Kier molecular flexibility index (Phi) is 1.52. The summed E-state index contributed by atoms with van der Waals surface area (Å²) in [5, 5.41) is 0. The molecule has 2 aromatic rings. The molecule has 0 unspecified atom stereocenters. The van der Waals surface area contributed by atoms with E-state index in [1.165, 1.54) is 6.33 Å². The molecule has 0 atom stereocenters. The number of rotatable bonds is 1. The van der Waals surface area contributed by atoms with Crippen LogP contribution in [0.25, 0.3) is 11.2 Å². The van der Waals surface area contributed by atoms with Crippen molar-refractivity contribution in [3.63, 3.8) is 0 Å². The number of nitrogens with two attached hydrogens (primary N) is 1. The van der Waals surface area contributed by atoms with E-state index in [1.807, 2.05) is 0 Å². The van der Waals surface area contributed by atoms with Crippen LogP contribution in [0.4, 0.5) is 5.82 Å². The number of hydrogen-bond donors (Lipinski definition) is 2. The number of hydrogen-bond acceptors (Lipinski definition) is 6. The molecule has 0 amide bonds. The maximum absolute atomic E-state index is 5.21. The number of aromatic nitrogens is 4. The van der Waals surface area contributed by atoms with Crippen LogP contribution in [0.2, 0.25) is 0 Å². The zero-order valence-electron chi connectivity index (χ0n) is 6.10. The van der Waals surface area contributed by atoms with E-state index < -0.39 is 0 Å². The van der Waals surface area contributed by atoms with Gasteiger partial charge in [0, 0.05) is 12.4 Å². The fourth-order valence-corrected chi connectivity index (χ4v) is 0.900. The van der Waals surface area contributed by atoms with Crippen LogP contribution in [-0.2, 0) is 0 Å². The molecule has 12 heavy (non-hydrogen) atoms. The Labute approximate surface area is 67.9 Å². The highest BCUT2D eigenvalue weighted by Gasteiger charge is 2.01. The van der Waals surface area contributed by atoms with Gasteiger partial charge in [0.15, 0.2) is 17.0 Å². The summed E-state index contributed by atoms with van der Waals surface area (Å²) in [7, 11) is 0. The molecule has 0 fully saturated rings. The average Bonchev–Trinajstić information content (AvgIpc) is 2.17. The fraction of sp³-hybridized carbons (Fsp3) is 0. The third-order valence-corrected chi connectivity index (χ3v) is 1.41. The molecule has 0 spiro atoms. The zero-order valence-corrected chi connectivity index (χ0v) is 6.10. The highest BCUT2D eigenvalue weighted by Crippen LogP contribution is 2.11. The predicted molar refractivity (Wildman–Crippen MR) is 42.9 cm³/mol. The van der Waals surface area contributed by atoms with Gasteiger partial charge in [0.05, 0.1) is 0 Å². The van der Waals surface area contributed by atoms with Crippen LogP contribution in [0.5, 0.6) is 0 Å². The molecule has 0 aliphatic heterocycles. The molecule has 2 heterocycles. The summed E-state index contributed by atoms with van der Waals surface area (Å²) in [4.78, 5) is 15.8. The van der Waals surface area contributed by atoms with Gasteiger partial charge in [-0.2, -0.15) is 0 Å². The van der Waals surface area contributed by atoms with E-state index in [2.05, 4.69) is 25.4 Å². The minimum absolute atomic E-state index is 0.480. The highest BCUT2D eigenvalue weighted by molar-refractivity contribution is 5.80. The number of nitrogens with one attached hydrogen (secondary N) is 1. The van der Waals surface area contributed by atoms with Crippen molar-refractivity contribution in [2.75, 3.05) is 5.43 Å². The van der Waals surface area contributed by atoms with Crippen LogP contribution in [0.3, 0.4) is 0 Å². The minimum atomic E-state index is 0.480. The maximum atomic E-state index is 5.21. The van der Waals surface area contributed by atoms with Gasteiger partial charge in [0.2, 0.25) is 0 Å². The lowest BCUT2D eigenvalue weighted by molar-refractivity contribution is 1.13. The van der Waals surface area contributed by atoms with Gasteiger partial charge in [0.25, 0.3) is 0 Å². The topological polar surface area (TPSA) is 89.6 Å². The van der Waals surface area contributed by atoms with Crippen molar-refractivity contribution in [1.82, 2.24) is 19.9 Å². The van der Waals surface area contributed by atoms with Crippen LogP contribution < -0.4 is 11.3 Å². The molecule has 0 saturated heterocycles. The summed E-state index contributed by atoms with van der Waals surface area (Å²) in [5.74, 6) is 5.69. The Morgan fingerprint density at radius 2 is 1.92 bits per heavy atom.